The number of anilines is 1. The number of hydrogen-bond acceptors (Lipinski definition) is 4. The molecule has 0 aromatic carbocycles. The minimum atomic E-state index is 0.276. The highest BCUT2D eigenvalue weighted by molar-refractivity contribution is 5.76. The van der Waals surface area contributed by atoms with Gasteiger partial charge < -0.3 is 9.80 Å². The zero-order valence-corrected chi connectivity index (χ0v) is 17.0. The number of carbonyl (C=O) groups is 1. The average molecular weight is 347 g/mol. The fourth-order valence-corrected chi connectivity index (χ4v) is 3.77. The van der Waals surface area contributed by atoms with Crippen molar-refractivity contribution in [3.05, 3.63) is 17.1 Å². The second-order valence-corrected chi connectivity index (χ2v) is 8.75. The number of rotatable bonds is 4. The lowest BCUT2D eigenvalue weighted by Gasteiger charge is -2.37. The highest BCUT2D eigenvalue weighted by Gasteiger charge is 2.25. The molecule has 1 unspecified atom stereocenters. The predicted molar refractivity (Wildman–Crippen MR) is 103 cm³/mol. The summed E-state index contributed by atoms with van der Waals surface area (Å²) in [4.78, 5) is 26.0. The molecule has 1 aliphatic heterocycles. The van der Waals surface area contributed by atoms with Crippen LogP contribution in [-0.4, -0.2) is 47.0 Å². The molecule has 0 radical (unpaired) electrons. The van der Waals surface area contributed by atoms with Crippen molar-refractivity contribution in [1.29, 1.82) is 0 Å². The molecule has 0 bridgehead atoms. The molecule has 1 atom stereocenters. The maximum Gasteiger partial charge on any atom is 0.222 e. The van der Waals surface area contributed by atoms with E-state index in [1.807, 2.05) is 18.7 Å². The number of carbonyl (C=O) groups excluding carboxylic acids is 1. The molecular formula is C20H34N4O. The van der Waals surface area contributed by atoms with Crippen molar-refractivity contribution in [2.75, 3.05) is 31.1 Å². The Balaban J connectivity index is 1.92. The Morgan fingerprint density at radius 1 is 1.08 bits per heavy atom. The van der Waals surface area contributed by atoms with Crippen molar-refractivity contribution in [3.8, 4) is 0 Å². The minimum Gasteiger partial charge on any atom is -0.353 e. The topological polar surface area (TPSA) is 49.3 Å². The van der Waals surface area contributed by atoms with E-state index in [0.29, 0.717) is 18.2 Å². The Hall–Kier alpha value is -1.65. The van der Waals surface area contributed by atoms with Crippen LogP contribution in [0.4, 0.5) is 5.82 Å². The highest BCUT2D eigenvalue weighted by Crippen LogP contribution is 2.27. The van der Waals surface area contributed by atoms with E-state index in [-0.39, 0.29) is 5.41 Å². The first-order valence-electron chi connectivity index (χ1n) is 9.41. The van der Waals surface area contributed by atoms with Crippen molar-refractivity contribution in [3.63, 3.8) is 0 Å². The van der Waals surface area contributed by atoms with E-state index in [9.17, 15) is 4.79 Å². The molecule has 1 aromatic heterocycles. The molecule has 0 spiro atoms. The molecule has 1 aromatic rings. The molecule has 5 heteroatoms. The molecule has 2 rings (SSSR count). The Morgan fingerprint density at radius 2 is 1.68 bits per heavy atom. The largest absolute Gasteiger partial charge is 0.353 e. The third kappa shape index (κ3) is 5.41. The zero-order valence-electron chi connectivity index (χ0n) is 17.0. The Bertz CT molecular complexity index is 613. The number of hydrogen-bond donors (Lipinski definition) is 0. The molecule has 1 fully saturated rings. The summed E-state index contributed by atoms with van der Waals surface area (Å²) in [7, 11) is 0. The first-order valence-corrected chi connectivity index (χ1v) is 9.41. The van der Waals surface area contributed by atoms with Gasteiger partial charge in [0.05, 0.1) is 0 Å². The first-order chi connectivity index (χ1) is 11.6. The summed E-state index contributed by atoms with van der Waals surface area (Å²) in [5.74, 6) is 2.56. The van der Waals surface area contributed by atoms with Crippen LogP contribution < -0.4 is 4.90 Å². The third-order valence-corrected chi connectivity index (χ3v) is 4.89. The van der Waals surface area contributed by atoms with Crippen molar-refractivity contribution < 1.29 is 4.79 Å². The van der Waals surface area contributed by atoms with Gasteiger partial charge in [-0.15, -0.1) is 0 Å². The lowest BCUT2D eigenvalue weighted by atomic mass is 9.84. The Kier molecular flexibility index (Phi) is 6.07. The molecular weight excluding hydrogens is 312 g/mol. The van der Waals surface area contributed by atoms with Gasteiger partial charge in [-0.25, -0.2) is 9.97 Å². The molecule has 5 nitrogen and oxygen atoms in total. The molecule has 1 aliphatic rings. The number of piperazine rings is 1. The summed E-state index contributed by atoms with van der Waals surface area (Å²) < 4.78 is 0. The van der Waals surface area contributed by atoms with E-state index in [1.165, 1.54) is 0 Å². The summed E-state index contributed by atoms with van der Waals surface area (Å²) in [5.41, 5.74) is 2.46. The number of nitrogens with zero attached hydrogens (tertiary/aromatic N) is 4. The molecule has 2 heterocycles. The maximum atomic E-state index is 12.6. The van der Waals surface area contributed by atoms with Gasteiger partial charge >= 0.3 is 0 Å². The minimum absolute atomic E-state index is 0.276. The van der Waals surface area contributed by atoms with Gasteiger partial charge in [-0.2, -0.15) is 0 Å². The molecule has 25 heavy (non-hydrogen) atoms. The second kappa shape index (κ2) is 7.71. The van der Waals surface area contributed by atoms with Gasteiger partial charge in [-0.05, 0) is 38.5 Å². The molecule has 0 aliphatic carbocycles. The smallest absolute Gasteiger partial charge is 0.222 e. The van der Waals surface area contributed by atoms with Gasteiger partial charge in [-0.1, -0.05) is 27.7 Å². The van der Waals surface area contributed by atoms with Gasteiger partial charge in [0, 0.05) is 43.9 Å². The van der Waals surface area contributed by atoms with Crippen molar-refractivity contribution in [2.45, 2.75) is 61.3 Å². The number of aromatic nitrogens is 2. The van der Waals surface area contributed by atoms with E-state index in [0.717, 1.165) is 55.5 Å². The Morgan fingerprint density at radius 3 is 2.24 bits per heavy atom. The lowest BCUT2D eigenvalue weighted by Crippen LogP contribution is -2.49. The summed E-state index contributed by atoms with van der Waals surface area (Å²) in [5, 5.41) is 0. The first kappa shape index (κ1) is 19.7. The SMILES string of the molecule is Cc1nc(C)c(C)c(N2CCN(C(=O)CC(C)CC(C)(C)C)CC2)n1. The van der Waals surface area contributed by atoms with Crippen LogP contribution in [0.15, 0.2) is 0 Å². The van der Waals surface area contributed by atoms with Crippen LogP contribution in [0.5, 0.6) is 0 Å². The van der Waals surface area contributed by atoms with Gasteiger partial charge in [0.25, 0.3) is 0 Å². The third-order valence-electron chi connectivity index (χ3n) is 4.89. The summed E-state index contributed by atoms with van der Waals surface area (Å²) in [6.07, 6.45) is 1.74. The van der Waals surface area contributed by atoms with Crippen LogP contribution in [0.25, 0.3) is 0 Å². The van der Waals surface area contributed by atoms with Crippen LogP contribution in [0.3, 0.4) is 0 Å². The van der Waals surface area contributed by atoms with Crippen molar-refractivity contribution in [1.82, 2.24) is 14.9 Å². The van der Waals surface area contributed by atoms with Crippen LogP contribution in [0.2, 0.25) is 0 Å². The molecule has 0 N–H and O–H groups in total. The van der Waals surface area contributed by atoms with Gasteiger partial charge in [0.2, 0.25) is 5.91 Å². The fraction of sp³-hybridized carbons (Fsp3) is 0.750. The second-order valence-electron chi connectivity index (χ2n) is 8.75. The van der Waals surface area contributed by atoms with E-state index >= 15 is 0 Å². The quantitative estimate of drug-likeness (QED) is 0.837. The van der Waals surface area contributed by atoms with Crippen LogP contribution >= 0.6 is 0 Å². The molecule has 140 valence electrons. The Labute approximate surface area is 152 Å². The van der Waals surface area contributed by atoms with Crippen LogP contribution in [-0.2, 0) is 4.79 Å². The average Bonchev–Trinajstić information content (AvgIpc) is 2.49. The predicted octanol–water partition coefficient (Wildman–Crippen LogP) is 3.51. The lowest BCUT2D eigenvalue weighted by molar-refractivity contribution is -0.132. The van der Waals surface area contributed by atoms with Gasteiger partial charge in [0.1, 0.15) is 11.6 Å². The summed E-state index contributed by atoms with van der Waals surface area (Å²) in [6.45, 7) is 18.2. The number of aryl methyl sites for hydroxylation is 2. The van der Waals surface area contributed by atoms with Gasteiger partial charge in [0.15, 0.2) is 0 Å². The van der Waals surface area contributed by atoms with E-state index in [2.05, 4.69) is 49.5 Å². The zero-order chi connectivity index (χ0) is 18.8. The summed E-state index contributed by atoms with van der Waals surface area (Å²) >= 11 is 0. The van der Waals surface area contributed by atoms with Crippen LogP contribution in [0, 0.1) is 32.1 Å². The normalized spacial score (nSPS) is 16.9. The monoisotopic (exact) mass is 346 g/mol. The van der Waals surface area contributed by atoms with E-state index in [4.69, 9.17) is 0 Å². The molecule has 1 saturated heterocycles. The highest BCUT2D eigenvalue weighted by atomic mass is 16.2. The number of amides is 1. The van der Waals surface area contributed by atoms with Crippen LogP contribution in [0.1, 0.15) is 57.6 Å². The fourth-order valence-electron chi connectivity index (χ4n) is 3.77. The van der Waals surface area contributed by atoms with E-state index in [1.54, 1.807) is 0 Å². The van der Waals surface area contributed by atoms with Crippen molar-refractivity contribution >= 4 is 11.7 Å². The van der Waals surface area contributed by atoms with E-state index < -0.39 is 0 Å². The molecule has 1 amide bonds. The molecule has 0 saturated carbocycles. The van der Waals surface area contributed by atoms with Gasteiger partial charge in [-0.3, -0.25) is 4.79 Å². The van der Waals surface area contributed by atoms with Crippen molar-refractivity contribution in [2.24, 2.45) is 11.3 Å². The summed E-state index contributed by atoms with van der Waals surface area (Å²) in [6, 6.07) is 0. The maximum absolute atomic E-state index is 12.6. The standard InChI is InChI=1S/C20H34N4O/c1-14(13-20(5,6)7)12-18(25)23-8-10-24(11-9-23)19-15(2)16(3)21-17(4)22-19/h14H,8-13H2,1-7H3.